The third-order valence-electron chi connectivity index (χ3n) is 3.56. The van der Waals surface area contributed by atoms with Crippen LogP contribution in [0, 0.1) is 6.92 Å². The van der Waals surface area contributed by atoms with Gasteiger partial charge in [-0.2, -0.15) is 5.10 Å². The van der Waals surface area contributed by atoms with E-state index in [4.69, 9.17) is 4.74 Å². The van der Waals surface area contributed by atoms with Crippen molar-refractivity contribution < 1.29 is 9.53 Å². The Bertz CT molecular complexity index is 653. The van der Waals surface area contributed by atoms with Crippen LogP contribution in [-0.2, 0) is 22.4 Å². The molecule has 2 aromatic rings. The van der Waals surface area contributed by atoms with E-state index >= 15 is 0 Å². The van der Waals surface area contributed by atoms with Crippen molar-refractivity contribution in [2.24, 2.45) is 0 Å². The van der Waals surface area contributed by atoms with Gasteiger partial charge in [0.15, 0.2) is 5.82 Å². The molecule has 0 aromatic carbocycles. The second kappa shape index (κ2) is 6.53. The summed E-state index contributed by atoms with van der Waals surface area (Å²) >= 11 is 1.61. The number of thiazole rings is 1. The van der Waals surface area contributed by atoms with Crippen molar-refractivity contribution in [1.29, 1.82) is 0 Å². The summed E-state index contributed by atoms with van der Waals surface area (Å²) in [7, 11) is 0. The van der Waals surface area contributed by atoms with Gasteiger partial charge in [-0.1, -0.05) is 6.92 Å². The molecule has 118 valence electrons. The number of hydrogen-bond acceptors (Lipinski definition) is 6. The lowest BCUT2D eigenvalue weighted by atomic mass is 10.2. The van der Waals surface area contributed by atoms with E-state index in [2.05, 4.69) is 27.1 Å². The number of aromatic amines is 1. The fourth-order valence-corrected chi connectivity index (χ4v) is 3.14. The van der Waals surface area contributed by atoms with Gasteiger partial charge in [-0.05, 0) is 13.3 Å². The summed E-state index contributed by atoms with van der Waals surface area (Å²) in [5.41, 5.74) is 0.851. The molecule has 2 aromatic heterocycles. The number of morpholine rings is 1. The zero-order chi connectivity index (χ0) is 15.5. The summed E-state index contributed by atoms with van der Waals surface area (Å²) in [4.78, 5) is 23.0. The van der Waals surface area contributed by atoms with Crippen LogP contribution in [0.1, 0.15) is 35.4 Å². The molecule has 0 radical (unpaired) electrons. The average Bonchev–Trinajstić information content (AvgIpc) is 3.16. The first-order valence-electron chi connectivity index (χ1n) is 7.37. The first-order chi connectivity index (χ1) is 10.7. The molecule has 8 heteroatoms. The highest BCUT2D eigenvalue weighted by Gasteiger charge is 2.28. The number of carbonyl (C=O) groups excluding carboxylic acids is 1. The maximum Gasteiger partial charge on any atom is 0.228 e. The molecule has 1 aliphatic heterocycles. The number of nitrogens with one attached hydrogen (secondary N) is 1. The predicted molar refractivity (Wildman–Crippen MR) is 81.6 cm³/mol. The number of aromatic nitrogens is 4. The second-order valence-corrected chi connectivity index (χ2v) is 6.18. The van der Waals surface area contributed by atoms with Crippen LogP contribution in [0.4, 0.5) is 0 Å². The number of aryl methyl sites for hydroxylation is 2. The molecule has 7 nitrogen and oxygen atoms in total. The topological polar surface area (TPSA) is 84.0 Å². The van der Waals surface area contributed by atoms with Crippen molar-refractivity contribution in [3.05, 3.63) is 27.7 Å². The predicted octanol–water partition coefficient (Wildman–Crippen LogP) is 1.27. The lowest BCUT2D eigenvalue weighted by molar-refractivity contribution is -0.138. The minimum absolute atomic E-state index is 0.0773. The second-order valence-electron chi connectivity index (χ2n) is 5.24. The van der Waals surface area contributed by atoms with Gasteiger partial charge in [0, 0.05) is 11.9 Å². The molecule has 0 aliphatic carbocycles. The molecule has 1 amide bonds. The molecule has 0 saturated carbocycles. The van der Waals surface area contributed by atoms with Crippen LogP contribution < -0.4 is 0 Å². The van der Waals surface area contributed by atoms with Crippen molar-refractivity contribution in [2.75, 3.05) is 19.7 Å². The molecule has 1 aliphatic rings. The van der Waals surface area contributed by atoms with Gasteiger partial charge < -0.3 is 9.64 Å². The van der Waals surface area contributed by atoms with Crippen LogP contribution in [0.5, 0.6) is 0 Å². The fraction of sp³-hybridized carbons (Fsp3) is 0.571. The minimum Gasteiger partial charge on any atom is -0.366 e. The molecule has 3 rings (SSSR count). The molecule has 3 heterocycles. The maximum absolute atomic E-state index is 12.4. The summed E-state index contributed by atoms with van der Waals surface area (Å²) in [6.45, 7) is 5.50. The Kier molecular flexibility index (Phi) is 4.49. The Balaban J connectivity index is 1.62. The normalized spacial score (nSPS) is 18.6. The minimum atomic E-state index is -0.260. The molecule has 0 bridgehead atoms. The number of hydrogen-bond donors (Lipinski definition) is 1. The van der Waals surface area contributed by atoms with Crippen molar-refractivity contribution in [3.8, 4) is 0 Å². The van der Waals surface area contributed by atoms with E-state index in [1.165, 1.54) is 0 Å². The average molecular weight is 321 g/mol. The molecule has 1 fully saturated rings. The highest BCUT2D eigenvalue weighted by Crippen LogP contribution is 2.20. The molecule has 1 N–H and O–H groups in total. The van der Waals surface area contributed by atoms with Gasteiger partial charge in [-0.3, -0.25) is 9.89 Å². The molecular formula is C14H19N5O2S. The van der Waals surface area contributed by atoms with Crippen LogP contribution in [0.3, 0.4) is 0 Å². The van der Waals surface area contributed by atoms with Crippen LogP contribution >= 0.6 is 11.3 Å². The van der Waals surface area contributed by atoms with Gasteiger partial charge in [0.1, 0.15) is 11.9 Å². The lowest BCUT2D eigenvalue weighted by Crippen LogP contribution is -2.43. The van der Waals surface area contributed by atoms with Crippen LogP contribution in [0.15, 0.2) is 5.38 Å². The smallest absolute Gasteiger partial charge is 0.228 e. The third-order valence-corrected chi connectivity index (χ3v) is 4.60. The first-order valence-corrected chi connectivity index (χ1v) is 8.25. The Morgan fingerprint density at radius 1 is 1.55 bits per heavy atom. The zero-order valence-corrected chi connectivity index (χ0v) is 13.5. The van der Waals surface area contributed by atoms with E-state index in [-0.39, 0.29) is 12.0 Å². The molecular weight excluding hydrogens is 302 g/mol. The van der Waals surface area contributed by atoms with Crippen LogP contribution in [-0.4, -0.2) is 50.7 Å². The summed E-state index contributed by atoms with van der Waals surface area (Å²) in [6, 6.07) is 0. The highest BCUT2D eigenvalue weighted by atomic mass is 32.1. The quantitative estimate of drug-likeness (QED) is 0.917. The van der Waals surface area contributed by atoms with Gasteiger partial charge in [0.25, 0.3) is 0 Å². The zero-order valence-electron chi connectivity index (χ0n) is 12.7. The van der Waals surface area contributed by atoms with E-state index in [0.717, 1.165) is 22.9 Å². The van der Waals surface area contributed by atoms with Crippen LogP contribution in [0.25, 0.3) is 0 Å². The largest absolute Gasteiger partial charge is 0.366 e. The van der Waals surface area contributed by atoms with E-state index < -0.39 is 0 Å². The summed E-state index contributed by atoms with van der Waals surface area (Å²) in [5, 5.41) is 9.96. The van der Waals surface area contributed by atoms with E-state index in [1.54, 1.807) is 11.3 Å². The highest BCUT2D eigenvalue weighted by molar-refractivity contribution is 7.09. The van der Waals surface area contributed by atoms with Gasteiger partial charge in [-0.25, -0.2) is 9.97 Å². The number of H-pyrrole nitrogens is 1. The molecule has 0 spiro atoms. The third kappa shape index (κ3) is 3.33. The van der Waals surface area contributed by atoms with Crippen molar-refractivity contribution in [1.82, 2.24) is 25.1 Å². The molecule has 1 saturated heterocycles. The fourth-order valence-electron chi connectivity index (χ4n) is 2.40. The molecule has 1 unspecified atom stereocenters. The van der Waals surface area contributed by atoms with Crippen molar-refractivity contribution in [3.63, 3.8) is 0 Å². The Hall–Kier alpha value is -1.80. The monoisotopic (exact) mass is 321 g/mol. The maximum atomic E-state index is 12.4. The summed E-state index contributed by atoms with van der Waals surface area (Å²) < 4.78 is 5.68. The number of carbonyl (C=O) groups is 1. The van der Waals surface area contributed by atoms with Crippen LogP contribution in [0.2, 0.25) is 0 Å². The van der Waals surface area contributed by atoms with Gasteiger partial charge in [0.2, 0.25) is 5.91 Å². The Morgan fingerprint density at radius 2 is 2.41 bits per heavy atom. The van der Waals surface area contributed by atoms with Crippen molar-refractivity contribution >= 4 is 17.2 Å². The number of ether oxygens (including phenoxy) is 1. The van der Waals surface area contributed by atoms with Gasteiger partial charge in [-0.15, -0.1) is 11.3 Å². The Morgan fingerprint density at radius 3 is 3.09 bits per heavy atom. The number of rotatable bonds is 4. The summed E-state index contributed by atoms with van der Waals surface area (Å²) in [5.74, 6) is 1.43. The molecule has 1 atom stereocenters. The van der Waals surface area contributed by atoms with E-state index in [1.807, 2.05) is 17.2 Å². The first kappa shape index (κ1) is 15.1. The van der Waals surface area contributed by atoms with E-state index in [0.29, 0.717) is 31.9 Å². The SMILES string of the molecule is CCc1nc(CC(=O)N2CCOC(c3n[nH]c(C)n3)C2)cs1. The van der Waals surface area contributed by atoms with Gasteiger partial charge in [0.05, 0.1) is 30.3 Å². The standard InChI is InChI=1S/C14H19N5O2S/c1-3-12-16-10(8-22-12)6-13(20)19-4-5-21-11(7-19)14-15-9(2)17-18-14/h8,11H,3-7H2,1-2H3,(H,15,17,18). The van der Waals surface area contributed by atoms with Crippen molar-refractivity contribution in [2.45, 2.75) is 32.8 Å². The Labute approximate surface area is 132 Å². The lowest BCUT2D eigenvalue weighted by Gasteiger charge is -2.31. The van der Waals surface area contributed by atoms with Gasteiger partial charge >= 0.3 is 0 Å². The molecule has 22 heavy (non-hydrogen) atoms. The number of amides is 1. The number of nitrogens with zero attached hydrogens (tertiary/aromatic N) is 4. The summed E-state index contributed by atoms with van der Waals surface area (Å²) in [6.07, 6.45) is 0.989. The van der Waals surface area contributed by atoms with E-state index in [9.17, 15) is 4.79 Å².